The van der Waals surface area contributed by atoms with Crippen molar-refractivity contribution in [2.75, 3.05) is 12.4 Å². The van der Waals surface area contributed by atoms with Gasteiger partial charge in [-0.15, -0.1) is 0 Å². The molecule has 0 amide bonds. The van der Waals surface area contributed by atoms with Crippen molar-refractivity contribution in [3.8, 4) is 5.75 Å². The van der Waals surface area contributed by atoms with E-state index in [1.807, 2.05) is 6.92 Å². The average Bonchev–Trinajstić information content (AvgIpc) is 3.19. The number of anilines is 1. The maximum atomic E-state index is 13.0. The molecular weight excluding hydrogens is 255 g/mol. The Morgan fingerprint density at radius 1 is 1.37 bits per heavy atom. The van der Waals surface area contributed by atoms with Gasteiger partial charge in [-0.3, -0.25) is 0 Å². The number of benzene rings is 1. The van der Waals surface area contributed by atoms with E-state index in [0.29, 0.717) is 5.92 Å². The first-order valence-electron chi connectivity index (χ1n) is 6.47. The van der Waals surface area contributed by atoms with E-state index in [9.17, 15) is 13.2 Å². The smallest absolute Gasteiger partial charge is 0.418 e. The van der Waals surface area contributed by atoms with Crippen LogP contribution >= 0.6 is 0 Å². The molecule has 1 saturated carbocycles. The summed E-state index contributed by atoms with van der Waals surface area (Å²) in [5, 5.41) is 3.04. The molecule has 1 N–H and O–H groups in total. The van der Waals surface area contributed by atoms with Gasteiger partial charge in [0.25, 0.3) is 0 Å². The van der Waals surface area contributed by atoms with Gasteiger partial charge in [0.05, 0.1) is 12.7 Å². The summed E-state index contributed by atoms with van der Waals surface area (Å²) in [6.45, 7) is 1.99. The molecule has 19 heavy (non-hydrogen) atoms. The number of ether oxygens (including phenoxy) is 1. The molecule has 0 aliphatic heterocycles. The van der Waals surface area contributed by atoms with Crippen LogP contribution in [0.1, 0.15) is 31.7 Å². The lowest BCUT2D eigenvalue weighted by Crippen LogP contribution is -2.23. The fourth-order valence-electron chi connectivity index (χ4n) is 2.26. The Balaban J connectivity index is 2.27. The zero-order valence-electron chi connectivity index (χ0n) is 11.1. The minimum absolute atomic E-state index is 0.120. The number of alkyl halides is 3. The Bertz CT molecular complexity index is 441. The Morgan fingerprint density at radius 3 is 2.53 bits per heavy atom. The second-order valence-electron chi connectivity index (χ2n) is 4.91. The number of nitrogens with one attached hydrogen (secondary N) is 1. The lowest BCUT2D eigenvalue weighted by atomic mass is 10.1. The van der Waals surface area contributed by atoms with Crippen molar-refractivity contribution in [2.45, 2.75) is 38.4 Å². The third kappa shape index (κ3) is 3.33. The maximum absolute atomic E-state index is 13.0. The number of hydrogen-bond donors (Lipinski definition) is 1. The number of hydrogen-bond acceptors (Lipinski definition) is 2. The van der Waals surface area contributed by atoms with Gasteiger partial charge in [0.1, 0.15) is 5.75 Å². The van der Waals surface area contributed by atoms with Crippen molar-refractivity contribution in [2.24, 2.45) is 5.92 Å². The second-order valence-corrected chi connectivity index (χ2v) is 4.91. The van der Waals surface area contributed by atoms with E-state index in [2.05, 4.69) is 5.32 Å². The van der Waals surface area contributed by atoms with Gasteiger partial charge in [-0.2, -0.15) is 13.2 Å². The third-order valence-corrected chi connectivity index (χ3v) is 3.50. The molecule has 1 aromatic carbocycles. The SMILES string of the molecule is CCC(Nc1ccc(OC)cc1C(F)(F)F)C1CC1. The highest BCUT2D eigenvalue weighted by atomic mass is 19.4. The molecule has 5 heteroatoms. The molecule has 1 atom stereocenters. The van der Waals surface area contributed by atoms with E-state index in [1.165, 1.54) is 13.2 Å². The van der Waals surface area contributed by atoms with Crippen molar-refractivity contribution >= 4 is 5.69 Å². The molecule has 1 aromatic rings. The monoisotopic (exact) mass is 273 g/mol. The van der Waals surface area contributed by atoms with Crippen molar-refractivity contribution in [1.29, 1.82) is 0 Å². The minimum Gasteiger partial charge on any atom is -0.497 e. The largest absolute Gasteiger partial charge is 0.497 e. The van der Waals surface area contributed by atoms with Crippen LogP contribution in [-0.2, 0) is 6.18 Å². The van der Waals surface area contributed by atoms with Crippen molar-refractivity contribution in [3.05, 3.63) is 23.8 Å². The first-order valence-corrected chi connectivity index (χ1v) is 6.47. The summed E-state index contributed by atoms with van der Waals surface area (Å²) in [5.41, 5.74) is -0.516. The van der Waals surface area contributed by atoms with E-state index >= 15 is 0 Å². The zero-order valence-corrected chi connectivity index (χ0v) is 11.1. The standard InChI is InChI=1S/C14H18F3NO/c1-3-12(9-4-5-9)18-13-7-6-10(19-2)8-11(13)14(15,16)17/h6-9,12,18H,3-5H2,1-2H3. The van der Waals surface area contributed by atoms with Gasteiger partial charge < -0.3 is 10.1 Å². The van der Waals surface area contributed by atoms with Crippen LogP contribution in [0.4, 0.5) is 18.9 Å². The zero-order chi connectivity index (χ0) is 14.0. The quantitative estimate of drug-likeness (QED) is 0.863. The highest BCUT2D eigenvalue weighted by molar-refractivity contribution is 5.56. The molecule has 2 rings (SSSR count). The molecule has 106 valence electrons. The van der Waals surface area contributed by atoms with E-state index in [1.54, 1.807) is 6.07 Å². The van der Waals surface area contributed by atoms with E-state index in [-0.39, 0.29) is 17.5 Å². The summed E-state index contributed by atoms with van der Waals surface area (Å²) in [4.78, 5) is 0. The Kier molecular flexibility index (Phi) is 3.92. The third-order valence-electron chi connectivity index (χ3n) is 3.50. The molecule has 0 aromatic heterocycles. The molecule has 2 nitrogen and oxygen atoms in total. The van der Waals surface area contributed by atoms with Crippen LogP contribution in [0.3, 0.4) is 0 Å². The van der Waals surface area contributed by atoms with Crippen molar-refractivity contribution in [1.82, 2.24) is 0 Å². The fourth-order valence-corrected chi connectivity index (χ4v) is 2.26. The molecule has 1 aliphatic rings. The average molecular weight is 273 g/mol. The van der Waals surface area contributed by atoms with Crippen LogP contribution in [0.25, 0.3) is 0 Å². The van der Waals surface area contributed by atoms with E-state index < -0.39 is 11.7 Å². The summed E-state index contributed by atoms with van der Waals surface area (Å²) in [6.07, 6.45) is -1.35. The second kappa shape index (κ2) is 5.31. The molecule has 0 spiro atoms. The van der Waals surface area contributed by atoms with Gasteiger partial charge in [-0.25, -0.2) is 0 Å². The molecule has 0 heterocycles. The van der Waals surface area contributed by atoms with Crippen LogP contribution in [-0.4, -0.2) is 13.2 Å². The van der Waals surface area contributed by atoms with Gasteiger partial charge in [-0.1, -0.05) is 6.92 Å². The van der Waals surface area contributed by atoms with Gasteiger partial charge in [0, 0.05) is 11.7 Å². The highest BCUT2D eigenvalue weighted by Gasteiger charge is 2.36. The first-order chi connectivity index (χ1) is 8.95. The van der Waals surface area contributed by atoms with Crippen LogP contribution < -0.4 is 10.1 Å². The Hall–Kier alpha value is -1.39. The van der Waals surface area contributed by atoms with Gasteiger partial charge in [0.2, 0.25) is 0 Å². The molecule has 0 bridgehead atoms. The maximum Gasteiger partial charge on any atom is 0.418 e. The van der Waals surface area contributed by atoms with Crippen LogP contribution in [0.5, 0.6) is 5.75 Å². The lowest BCUT2D eigenvalue weighted by Gasteiger charge is -2.21. The Morgan fingerprint density at radius 2 is 2.05 bits per heavy atom. The number of methoxy groups -OCH3 is 1. The molecule has 0 saturated heterocycles. The summed E-state index contributed by atoms with van der Waals surface area (Å²) in [5.74, 6) is 0.727. The predicted molar refractivity (Wildman–Crippen MR) is 68.4 cm³/mol. The summed E-state index contributed by atoms with van der Waals surface area (Å²) >= 11 is 0. The van der Waals surface area contributed by atoms with Crippen LogP contribution in [0, 0.1) is 5.92 Å². The van der Waals surface area contributed by atoms with Crippen LogP contribution in [0.15, 0.2) is 18.2 Å². The van der Waals surface area contributed by atoms with Crippen LogP contribution in [0.2, 0.25) is 0 Å². The highest BCUT2D eigenvalue weighted by Crippen LogP contribution is 2.40. The van der Waals surface area contributed by atoms with Gasteiger partial charge in [-0.05, 0) is 43.4 Å². The molecule has 0 radical (unpaired) electrons. The van der Waals surface area contributed by atoms with Crippen molar-refractivity contribution in [3.63, 3.8) is 0 Å². The minimum atomic E-state index is -4.38. The van der Waals surface area contributed by atoms with Gasteiger partial charge >= 0.3 is 6.18 Å². The molecular formula is C14H18F3NO. The topological polar surface area (TPSA) is 21.3 Å². The fraction of sp³-hybridized carbons (Fsp3) is 0.571. The lowest BCUT2D eigenvalue weighted by molar-refractivity contribution is -0.137. The normalized spacial score (nSPS) is 17.1. The number of halogens is 3. The summed E-state index contributed by atoms with van der Waals surface area (Å²) in [6, 6.07) is 4.17. The van der Waals surface area contributed by atoms with E-state index in [4.69, 9.17) is 4.74 Å². The first kappa shape index (κ1) is 14.0. The van der Waals surface area contributed by atoms with Gasteiger partial charge in [0.15, 0.2) is 0 Å². The molecule has 1 aliphatic carbocycles. The predicted octanol–water partition coefficient (Wildman–Crippen LogP) is 4.31. The molecule has 1 unspecified atom stereocenters. The summed E-state index contributed by atoms with van der Waals surface area (Å²) in [7, 11) is 1.36. The Labute approximate surface area is 111 Å². The van der Waals surface area contributed by atoms with Crippen molar-refractivity contribution < 1.29 is 17.9 Å². The molecule has 1 fully saturated rings. The summed E-state index contributed by atoms with van der Waals surface area (Å²) < 4.78 is 44.0. The van der Waals surface area contributed by atoms with E-state index in [0.717, 1.165) is 25.3 Å². The number of rotatable bonds is 5.